The first-order valence-corrected chi connectivity index (χ1v) is 9.50. The SMILES string of the molecule is Cc1noc(CNC(=O)C2CCN(C(=O)CCCc3ccccc3)CC2)n1. The van der Waals surface area contributed by atoms with Crippen molar-refractivity contribution in [1.29, 1.82) is 0 Å². The van der Waals surface area contributed by atoms with Gasteiger partial charge in [0.05, 0.1) is 6.54 Å². The Morgan fingerprint density at radius 2 is 1.96 bits per heavy atom. The van der Waals surface area contributed by atoms with E-state index in [-0.39, 0.29) is 24.3 Å². The topological polar surface area (TPSA) is 88.3 Å². The number of aromatic nitrogens is 2. The maximum absolute atomic E-state index is 12.4. The number of piperidine rings is 1. The third kappa shape index (κ3) is 5.64. The minimum atomic E-state index is -0.0672. The molecule has 27 heavy (non-hydrogen) atoms. The molecule has 0 unspecified atom stereocenters. The van der Waals surface area contributed by atoms with E-state index in [2.05, 4.69) is 27.6 Å². The van der Waals surface area contributed by atoms with Gasteiger partial charge in [0.25, 0.3) is 0 Å². The summed E-state index contributed by atoms with van der Waals surface area (Å²) in [4.78, 5) is 30.6. The van der Waals surface area contributed by atoms with Gasteiger partial charge in [-0.05, 0) is 38.2 Å². The third-order valence-electron chi connectivity index (χ3n) is 4.90. The van der Waals surface area contributed by atoms with Crippen LogP contribution in [0.25, 0.3) is 0 Å². The number of likely N-dealkylation sites (tertiary alicyclic amines) is 1. The summed E-state index contributed by atoms with van der Waals surface area (Å²) in [6, 6.07) is 10.2. The largest absolute Gasteiger partial charge is 0.347 e. The second-order valence-electron chi connectivity index (χ2n) is 6.95. The van der Waals surface area contributed by atoms with E-state index in [1.807, 2.05) is 23.1 Å². The lowest BCUT2D eigenvalue weighted by Gasteiger charge is -2.31. The van der Waals surface area contributed by atoms with E-state index in [0.717, 1.165) is 12.8 Å². The molecule has 0 radical (unpaired) electrons. The molecule has 1 aliphatic heterocycles. The summed E-state index contributed by atoms with van der Waals surface area (Å²) in [6.45, 7) is 3.27. The zero-order chi connectivity index (χ0) is 19.1. The summed E-state index contributed by atoms with van der Waals surface area (Å²) in [6.07, 6.45) is 3.72. The number of benzene rings is 1. The van der Waals surface area contributed by atoms with Gasteiger partial charge in [0.2, 0.25) is 17.7 Å². The van der Waals surface area contributed by atoms with Crippen LogP contribution in [-0.2, 0) is 22.6 Å². The summed E-state index contributed by atoms with van der Waals surface area (Å²) in [5.41, 5.74) is 1.26. The van der Waals surface area contributed by atoms with Gasteiger partial charge in [-0.3, -0.25) is 9.59 Å². The van der Waals surface area contributed by atoms with E-state index >= 15 is 0 Å². The number of carbonyl (C=O) groups is 2. The van der Waals surface area contributed by atoms with Gasteiger partial charge in [0, 0.05) is 25.4 Å². The van der Waals surface area contributed by atoms with Crippen molar-refractivity contribution in [3.8, 4) is 0 Å². The Kier molecular flexibility index (Phi) is 6.57. The fourth-order valence-electron chi connectivity index (χ4n) is 3.36. The Labute approximate surface area is 159 Å². The molecule has 1 fully saturated rings. The van der Waals surface area contributed by atoms with Gasteiger partial charge in [-0.15, -0.1) is 0 Å². The van der Waals surface area contributed by atoms with Crippen molar-refractivity contribution < 1.29 is 14.1 Å². The summed E-state index contributed by atoms with van der Waals surface area (Å²) >= 11 is 0. The molecule has 0 saturated carbocycles. The fourth-order valence-corrected chi connectivity index (χ4v) is 3.36. The molecule has 3 rings (SSSR count). The number of carbonyl (C=O) groups excluding carboxylic acids is 2. The van der Waals surface area contributed by atoms with Crippen LogP contribution in [0.5, 0.6) is 0 Å². The zero-order valence-electron chi connectivity index (χ0n) is 15.7. The molecular weight excluding hydrogens is 344 g/mol. The molecule has 1 aromatic heterocycles. The summed E-state index contributed by atoms with van der Waals surface area (Å²) in [5.74, 6) is 1.07. The van der Waals surface area contributed by atoms with Crippen molar-refractivity contribution in [2.45, 2.75) is 45.6 Å². The normalized spacial score (nSPS) is 14.9. The number of aryl methyl sites for hydroxylation is 2. The van der Waals surface area contributed by atoms with Gasteiger partial charge in [-0.2, -0.15) is 4.98 Å². The van der Waals surface area contributed by atoms with Crippen molar-refractivity contribution in [1.82, 2.24) is 20.4 Å². The molecule has 0 aliphatic carbocycles. The lowest BCUT2D eigenvalue weighted by atomic mass is 9.95. The molecule has 7 heteroatoms. The highest BCUT2D eigenvalue weighted by Gasteiger charge is 2.27. The average molecular weight is 370 g/mol. The van der Waals surface area contributed by atoms with Crippen molar-refractivity contribution in [3.63, 3.8) is 0 Å². The maximum Gasteiger partial charge on any atom is 0.246 e. The number of rotatable bonds is 7. The number of nitrogens with one attached hydrogen (secondary N) is 1. The van der Waals surface area contributed by atoms with E-state index in [4.69, 9.17) is 4.52 Å². The molecule has 1 saturated heterocycles. The predicted octanol–water partition coefficient (Wildman–Crippen LogP) is 2.26. The fraction of sp³-hybridized carbons (Fsp3) is 0.500. The van der Waals surface area contributed by atoms with E-state index in [0.29, 0.717) is 44.1 Å². The van der Waals surface area contributed by atoms with Crippen LogP contribution in [-0.4, -0.2) is 39.9 Å². The molecule has 2 amide bonds. The Morgan fingerprint density at radius 1 is 1.22 bits per heavy atom. The third-order valence-corrected chi connectivity index (χ3v) is 4.90. The van der Waals surface area contributed by atoms with E-state index in [1.54, 1.807) is 6.92 Å². The monoisotopic (exact) mass is 370 g/mol. The Hall–Kier alpha value is -2.70. The van der Waals surface area contributed by atoms with Crippen molar-refractivity contribution in [2.24, 2.45) is 5.92 Å². The first kappa shape index (κ1) is 19.1. The second-order valence-corrected chi connectivity index (χ2v) is 6.95. The molecule has 2 aromatic rings. The first-order chi connectivity index (χ1) is 13.1. The van der Waals surface area contributed by atoms with Crippen molar-refractivity contribution >= 4 is 11.8 Å². The van der Waals surface area contributed by atoms with Gasteiger partial charge < -0.3 is 14.7 Å². The molecule has 0 atom stereocenters. The van der Waals surface area contributed by atoms with Gasteiger partial charge in [0.1, 0.15) is 0 Å². The minimum absolute atomic E-state index is 0.0120. The van der Waals surface area contributed by atoms with Gasteiger partial charge >= 0.3 is 0 Å². The highest BCUT2D eigenvalue weighted by molar-refractivity contribution is 5.80. The lowest BCUT2D eigenvalue weighted by molar-refractivity contribution is -0.135. The van der Waals surface area contributed by atoms with Gasteiger partial charge in [-0.25, -0.2) is 0 Å². The van der Waals surface area contributed by atoms with E-state index in [1.165, 1.54) is 5.56 Å². The molecule has 0 bridgehead atoms. The zero-order valence-corrected chi connectivity index (χ0v) is 15.7. The summed E-state index contributed by atoms with van der Waals surface area (Å²) in [5, 5.41) is 6.54. The Bertz CT molecular complexity index is 752. The van der Waals surface area contributed by atoms with Gasteiger partial charge in [0.15, 0.2) is 5.82 Å². The number of hydrogen-bond donors (Lipinski definition) is 1. The van der Waals surface area contributed by atoms with Crippen LogP contribution in [0.2, 0.25) is 0 Å². The molecule has 7 nitrogen and oxygen atoms in total. The van der Waals surface area contributed by atoms with Gasteiger partial charge in [-0.1, -0.05) is 35.5 Å². The number of nitrogens with zero attached hydrogens (tertiary/aromatic N) is 3. The molecular formula is C20H26N4O3. The first-order valence-electron chi connectivity index (χ1n) is 9.50. The van der Waals surface area contributed by atoms with E-state index < -0.39 is 0 Å². The smallest absolute Gasteiger partial charge is 0.246 e. The summed E-state index contributed by atoms with van der Waals surface area (Å²) < 4.78 is 4.99. The molecule has 1 N–H and O–H groups in total. The predicted molar refractivity (Wildman–Crippen MR) is 99.6 cm³/mol. The summed E-state index contributed by atoms with van der Waals surface area (Å²) in [7, 11) is 0. The standard InChI is InChI=1S/C20H26N4O3/c1-15-22-18(27-23-15)14-21-20(26)17-10-12-24(13-11-17)19(25)9-5-8-16-6-3-2-4-7-16/h2-4,6-7,17H,5,8-14H2,1H3,(H,21,26). The van der Waals surface area contributed by atoms with Crippen LogP contribution in [0.3, 0.4) is 0 Å². The Morgan fingerprint density at radius 3 is 2.63 bits per heavy atom. The van der Waals surface area contributed by atoms with Crippen LogP contribution in [0, 0.1) is 12.8 Å². The van der Waals surface area contributed by atoms with Crippen LogP contribution < -0.4 is 5.32 Å². The van der Waals surface area contributed by atoms with Crippen molar-refractivity contribution in [2.75, 3.05) is 13.1 Å². The Balaban J connectivity index is 1.35. The van der Waals surface area contributed by atoms with Crippen LogP contribution in [0.4, 0.5) is 0 Å². The quantitative estimate of drug-likeness (QED) is 0.808. The van der Waals surface area contributed by atoms with Crippen LogP contribution in [0.1, 0.15) is 43.0 Å². The molecule has 0 spiro atoms. The van der Waals surface area contributed by atoms with Crippen molar-refractivity contribution in [3.05, 3.63) is 47.6 Å². The number of hydrogen-bond acceptors (Lipinski definition) is 5. The molecule has 1 aliphatic rings. The minimum Gasteiger partial charge on any atom is -0.347 e. The lowest BCUT2D eigenvalue weighted by Crippen LogP contribution is -2.42. The molecule has 144 valence electrons. The average Bonchev–Trinajstić information content (AvgIpc) is 3.12. The highest BCUT2D eigenvalue weighted by atomic mass is 16.5. The molecule has 2 heterocycles. The molecule has 1 aromatic carbocycles. The second kappa shape index (κ2) is 9.30. The van der Waals surface area contributed by atoms with E-state index in [9.17, 15) is 9.59 Å². The van der Waals surface area contributed by atoms with Crippen LogP contribution in [0.15, 0.2) is 34.9 Å². The number of amides is 2. The highest BCUT2D eigenvalue weighted by Crippen LogP contribution is 2.19. The van der Waals surface area contributed by atoms with Crippen LogP contribution >= 0.6 is 0 Å². The maximum atomic E-state index is 12.4.